The van der Waals surface area contributed by atoms with Crippen molar-refractivity contribution in [2.24, 2.45) is 0 Å². The average molecular weight is 455 g/mol. The summed E-state index contributed by atoms with van der Waals surface area (Å²) in [4.78, 5) is 11.6. The Balaban J connectivity index is 1.45. The van der Waals surface area contributed by atoms with Gasteiger partial charge in [-0.3, -0.25) is 0 Å². The maximum atomic E-state index is 11.6. The van der Waals surface area contributed by atoms with Crippen LogP contribution in [0.4, 0.5) is 0 Å². The van der Waals surface area contributed by atoms with Crippen molar-refractivity contribution in [1.29, 1.82) is 0 Å². The van der Waals surface area contributed by atoms with E-state index in [1.54, 1.807) is 6.92 Å². The molecule has 1 heterocycles. The predicted molar refractivity (Wildman–Crippen MR) is 134 cm³/mol. The first-order chi connectivity index (χ1) is 16.6. The second kappa shape index (κ2) is 11.1. The number of hydrogen-bond acceptors (Lipinski definition) is 4. The molecule has 0 aromatic heterocycles. The minimum atomic E-state index is -0.413. The Labute approximate surface area is 201 Å². The van der Waals surface area contributed by atoms with E-state index >= 15 is 0 Å². The van der Waals surface area contributed by atoms with Gasteiger partial charge in [0.2, 0.25) is 0 Å². The zero-order valence-corrected chi connectivity index (χ0v) is 19.6. The van der Waals surface area contributed by atoms with Crippen molar-refractivity contribution in [3.05, 3.63) is 125 Å². The summed E-state index contributed by atoms with van der Waals surface area (Å²) in [6, 6.07) is 28.9. The molecule has 3 aromatic carbocycles. The molecule has 0 unspecified atom stereocenters. The quantitative estimate of drug-likeness (QED) is 0.241. The summed E-state index contributed by atoms with van der Waals surface area (Å²) in [5.41, 5.74) is 4.87. The first kappa shape index (κ1) is 23.7. The molecule has 1 fully saturated rings. The first-order valence-electron chi connectivity index (χ1n) is 11.6. The average Bonchev–Trinajstić information content (AvgIpc) is 2.89. The number of esters is 1. The topological polar surface area (TPSA) is 44.8 Å². The molecule has 4 rings (SSSR count). The summed E-state index contributed by atoms with van der Waals surface area (Å²) >= 11 is 0. The molecule has 4 nitrogen and oxygen atoms in total. The molecule has 34 heavy (non-hydrogen) atoms. The summed E-state index contributed by atoms with van der Waals surface area (Å²) in [5, 5.41) is 0. The molecule has 3 aromatic rings. The number of carbonyl (C=O) groups is 1. The molecule has 1 aliphatic rings. The lowest BCUT2D eigenvalue weighted by atomic mass is 9.75. The highest BCUT2D eigenvalue weighted by Crippen LogP contribution is 2.39. The van der Waals surface area contributed by atoms with Gasteiger partial charge in [-0.05, 0) is 36.1 Å². The van der Waals surface area contributed by atoms with E-state index in [9.17, 15) is 4.79 Å². The Morgan fingerprint density at radius 1 is 0.912 bits per heavy atom. The largest absolute Gasteiger partial charge is 0.463 e. The fourth-order valence-electron chi connectivity index (χ4n) is 4.14. The van der Waals surface area contributed by atoms with Crippen LogP contribution in [0.5, 0.6) is 0 Å². The molecule has 0 radical (unpaired) electrons. The lowest BCUT2D eigenvalue weighted by Crippen LogP contribution is -2.43. The van der Waals surface area contributed by atoms with Crippen LogP contribution in [0.3, 0.4) is 0 Å². The van der Waals surface area contributed by atoms with Gasteiger partial charge in [-0.15, -0.1) is 0 Å². The zero-order valence-electron chi connectivity index (χ0n) is 19.6. The monoisotopic (exact) mass is 454 g/mol. The molecule has 1 saturated heterocycles. The number of carbonyl (C=O) groups excluding carboxylic acids is 1. The third-order valence-corrected chi connectivity index (χ3v) is 5.99. The zero-order chi connectivity index (χ0) is 23.8. The summed E-state index contributed by atoms with van der Waals surface area (Å²) in [6.07, 6.45) is 4.94. The normalized spacial score (nSPS) is 16.5. The smallest absolute Gasteiger partial charge is 0.330 e. The van der Waals surface area contributed by atoms with E-state index in [0.29, 0.717) is 19.8 Å². The molecule has 0 spiro atoms. The molecule has 0 N–H and O–H groups in total. The van der Waals surface area contributed by atoms with Gasteiger partial charge < -0.3 is 14.2 Å². The van der Waals surface area contributed by atoms with Crippen LogP contribution >= 0.6 is 0 Å². The van der Waals surface area contributed by atoms with Gasteiger partial charge in [0.1, 0.15) is 0 Å². The van der Waals surface area contributed by atoms with Crippen LogP contribution in [-0.2, 0) is 24.4 Å². The molecular formula is C30H30O4. The summed E-state index contributed by atoms with van der Waals surface area (Å²) in [7, 11) is 0. The van der Waals surface area contributed by atoms with E-state index in [-0.39, 0.29) is 11.4 Å². The molecule has 0 amide bonds. The van der Waals surface area contributed by atoms with E-state index in [1.807, 2.05) is 55.5 Å². The highest BCUT2D eigenvalue weighted by Gasteiger charge is 2.40. The van der Waals surface area contributed by atoms with Crippen molar-refractivity contribution in [1.82, 2.24) is 0 Å². The maximum Gasteiger partial charge on any atom is 0.330 e. The van der Waals surface area contributed by atoms with Crippen molar-refractivity contribution < 1.29 is 19.0 Å². The highest BCUT2D eigenvalue weighted by molar-refractivity contribution is 5.83. The number of ether oxygens (including phenoxy) is 3. The van der Waals surface area contributed by atoms with Crippen LogP contribution in [0.1, 0.15) is 42.4 Å². The number of allylic oxidation sites excluding steroid dienone is 2. The van der Waals surface area contributed by atoms with E-state index < -0.39 is 6.29 Å². The van der Waals surface area contributed by atoms with Gasteiger partial charge in [-0.25, -0.2) is 4.79 Å². The van der Waals surface area contributed by atoms with Gasteiger partial charge in [-0.2, -0.15) is 0 Å². The molecule has 4 heteroatoms. The van der Waals surface area contributed by atoms with E-state index in [0.717, 1.165) is 16.7 Å². The van der Waals surface area contributed by atoms with Crippen LogP contribution in [0, 0.1) is 0 Å². The highest BCUT2D eigenvalue weighted by atomic mass is 16.7. The van der Waals surface area contributed by atoms with Crippen molar-refractivity contribution in [2.75, 3.05) is 19.8 Å². The molecule has 174 valence electrons. The number of benzene rings is 3. The molecule has 0 atom stereocenters. The van der Waals surface area contributed by atoms with Crippen molar-refractivity contribution in [2.45, 2.75) is 25.6 Å². The molecule has 0 aliphatic carbocycles. The second-order valence-corrected chi connectivity index (χ2v) is 8.41. The second-order valence-electron chi connectivity index (χ2n) is 8.41. The predicted octanol–water partition coefficient (Wildman–Crippen LogP) is 6.24. The first-order valence-corrected chi connectivity index (χ1v) is 11.6. The lowest BCUT2D eigenvalue weighted by molar-refractivity contribution is -0.207. The molecule has 0 saturated carbocycles. The standard InChI is InChI=1S/C30H30O4/c1-3-32-28(31)20-23(2)14-15-24-16-18-25(19-17-24)29-33-21-30(22-34-29,26-10-6-4-7-11-26)27-12-8-5-9-13-27/h4-20,29H,3,21-22H2,1-2H3. The fraction of sp³-hybridized carbons (Fsp3) is 0.233. The van der Waals surface area contributed by atoms with E-state index in [1.165, 1.54) is 17.2 Å². The van der Waals surface area contributed by atoms with E-state index in [4.69, 9.17) is 14.2 Å². The van der Waals surface area contributed by atoms with Crippen molar-refractivity contribution in [3.8, 4) is 0 Å². The maximum absolute atomic E-state index is 11.6. The van der Waals surface area contributed by atoms with E-state index in [2.05, 4.69) is 48.5 Å². The number of hydrogen-bond donors (Lipinski definition) is 0. The summed E-state index contributed by atoms with van der Waals surface area (Å²) in [5.74, 6) is -0.325. The van der Waals surface area contributed by atoms with Crippen LogP contribution in [-0.4, -0.2) is 25.8 Å². The van der Waals surface area contributed by atoms with Gasteiger partial charge in [0.25, 0.3) is 0 Å². The lowest BCUT2D eigenvalue weighted by Gasteiger charge is -2.41. The van der Waals surface area contributed by atoms with Gasteiger partial charge in [0, 0.05) is 11.6 Å². The van der Waals surface area contributed by atoms with Gasteiger partial charge in [0.05, 0.1) is 25.2 Å². The summed E-state index contributed by atoms with van der Waals surface area (Å²) < 4.78 is 17.5. The number of rotatable bonds is 7. The Morgan fingerprint density at radius 2 is 1.47 bits per heavy atom. The van der Waals surface area contributed by atoms with Crippen LogP contribution < -0.4 is 0 Å². The Kier molecular flexibility index (Phi) is 7.73. The Morgan fingerprint density at radius 3 is 2.00 bits per heavy atom. The van der Waals surface area contributed by atoms with Crippen LogP contribution in [0.2, 0.25) is 0 Å². The van der Waals surface area contributed by atoms with Gasteiger partial charge >= 0.3 is 5.97 Å². The van der Waals surface area contributed by atoms with Gasteiger partial charge in [-0.1, -0.05) is 97.1 Å². The molecule has 0 bridgehead atoms. The third-order valence-electron chi connectivity index (χ3n) is 5.99. The summed E-state index contributed by atoms with van der Waals surface area (Å²) in [6.45, 7) is 5.10. The fourth-order valence-corrected chi connectivity index (χ4v) is 4.14. The van der Waals surface area contributed by atoms with Gasteiger partial charge in [0.15, 0.2) is 6.29 Å². The Bertz CT molecular complexity index is 1080. The molecular weight excluding hydrogens is 424 g/mol. The van der Waals surface area contributed by atoms with Crippen LogP contribution in [0.25, 0.3) is 6.08 Å². The minimum absolute atomic E-state index is 0.325. The SMILES string of the molecule is CCOC(=O)C=C(C)C=Cc1ccc(C2OCC(c3ccccc3)(c3ccccc3)CO2)cc1. The van der Waals surface area contributed by atoms with Crippen molar-refractivity contribution >= 4 is 12.0 Å². The third kappa shape index (κ3) is 5.53. The Hall–Kier alpha value is -3.47. The van der Waals surface area contributed by atoms with Crippen LogP contribution in [0.15, 0.2) is 103 Å². The minimum Gasteiger partial charge on any atom is -0.463 e. The molecule has 1 aliphatic heterocycles. The van der Waals surface area contributed by atoms with Crippen molar-refractivity contribution in [3.63, 3.8) is 0 Å².